The molecule has 1 amide bonds. The molecule has 2 aliphatic rings. The molecule has 1 saturated heterocycles. The first-order valence-electron chi connectivity index (χ1n) is 9.75. The number of nitrogens with zero attached hydrogens (tertiary/aromatic N) is 2. The summed E-state index contributed by atoms with van der Waals surface area (Å²) in [4.78, 5) is 14.3. The number of carbonyl (C=O) groups excluding carboxylic acids is 1. The molecule has 3 atom stereocenters. The summed E-state index contributed by atoms with van der Waals surface area (Å²) in [5.41, 5.74) is 3.00. The van der Waals surface area contributed by atoms with Crippen LogP contribution in [0.15, 0.2) is 48.5 Å². The summed E-state index contributed by atoms with van der Waals surface area (Å²) in [6.45, 7) is -0.129. The molecule has 2 fully saturated rings. The van der Waals surface area contributed by atoms with E-state index < -0.39 is 6.04 Å². The fourth-order valence-corrected chi connectivity index (χ4v) is 4.34. The fraction of sp³-hybridized carbons (Fsp3) is 0.391. The van der Waals surface area contributed by atoms with Crippen molar-refractivity contribution in [1.82, 2.24) is 4.90 Å². The predicted molar refractivity (Wildman–Crippen MR) is 106 cm³/mol. The maximum atomic E-state index is 12.7. The zero-order chi connectivity index (χ0) is 19.7. The molecule has 2 aromatic rings. The molecule has 0 spiro atoms. The summed E-state index contributed by atoms with van der Waals surface area (Å²) >= 11 is 0. The Kier molecular flexibility index (Phi) is 5.06. The van der Waals surface area contributed by atoms with Gasteiger partial charge in [-0.15, -0.1) is 0 Å². The van der Waals surface area contributed by atoms with E-state index in [4.69, 9.17) is 4.74 Å². The molecular weight excluding hydrogens is 352 g/mol. The minimum atomic E-state index is -0.512. The average molecular weight is 376 g/mol. The van der Waals surface area contributed by atoms with Crippen LogP contribution in [-0.2, 0) is 4.79 Å². The lowest BCUT2D eigenvalue weighted by atomic mass is 9.73. The third-order valence-corrected chi connectivity index (χ3v) is 6.15. The van der Waals surface area contributed by atoms with Crippen molar-refractivity contribution in [2.24, 2.45) is 5.92 Å². The number of methoxy groups -OCH3 is 1. The number of para-hydroxylation sites is 1. The Bertz CT molecular complexity index is 899. The maximum absolute atomic E-state index is 12.7. The summed E-state index contributed by atoms with van der Waals surface area (Å²) in [6.07, 6.45) is 2.85. The molecule has 1 aliphatic carbocycles. The first-order chi connectivity index (χ1) is 13.7. The van der Waals surface area contributed by atoms with Gasteiger partial charge in [-0.05, 0) is 30.0 Å². The van der Waals surface area contributed by atoms with E-state index in [1.54, 1.807) is 12.0 Å². The first-order valence-corrected chi connectivity index (χ1v) is 9.75. The van der Waals surface area contributed by atoms with E-state index in [1.165, 1.54) is 0 Å². The molecule has 1 aliphatic heterocycles. The van der Waals surface area contributed by atoms with E-state index in [0.29, 0.717) is 0 Å². The number of benzene rings is 2. The third kappa shape index (κ3) is 2.94. The van der Waals surface area contributed by atoms with Crippen molar-refractivity contribution in [3.8, 4) is 22.9 Å². The molecular formula is C23H24N2O3. The molecule has 28 heavy (non-hydrogen) atoms. The molecule has 2 aromatic carbocycles. The minimum Gasteiger partial charge on any atom is -0.496 e. The standard InChI is InChI=1S/C23H24N2O3/c1-28-21-8-3-2-7-18(21)15-9-11-16(12-10-15)22-19(13-24)25(20(22)14-26)23(27)17-5-4-6-17/h2-3,7-12,17,19-20,22,26H,4-6,14H2,1H3/t19-,20+,22-/m0/s1. The molecule has 1 heterocycles. The zero-order valence-electron chi connectivity index (χ0n) is 15.9. The van der Waals surface area contributed by atoms with Crippen molar-refractivity contribution < 1.29 is 14.6 Å². The van der Waals surface area contributed by atoms with Crippen LogP contribution in [0.1, 0.15) is 30.7 Å². The molecule has 0 radical (unpaired) electrons. The molecule has 1 N–H and O–H groups in total. The summed E-state index contributed by atoms with van der Waals surface area (Å²) in [7, 11) is 1.65. The number of aliphatic hydroxyl groups is 1. The maximum Gasteiger partial charge on any atom is 0.227 e. The number of amides is 1. The number of likely N-dealkylation sites (tertiary alicyclic amines) is 1. The van der Waals surface area contributed by atoms with Gasteiger partial charge in [-0.3, -0.25) is 4.79 Å². The van der Waals surface area contributed by atoms with E-state index in [1.807, 2.05) is 48.5 Å². The number of hydrogen-bond donors (Lipinski definition) is 1. The number of aliphatic hydroxyl groups excluding tert-OH is 1. The highest BCUT2D eigenvalue weighted by Gasteiger charge is 2.53. The molecule has 5 nitrogen and oxygen atoms in total. The summed E-state index contributed by atoms with van der Waals surface area (Å²) < 4.78 is 5.44. The van der Waals surface area contributed by atoms with E-state index >= 15 is 0 Å². The van der Waals surface area contributed by atoms with Crippen molar-refractivity contribution in [2.75, 3.05) is 13.7 Å². The fourth-order valence-electron chi connectivity index (χ4n) is 4.34. The van der Waals surface area contributed by atoms with Crippen LogP contribution in [0.3, 0.4) is 0 Å². The number of hydrogen-bond acceptors (Lipinski definition) is 4. The van der Waals surface area contributed by atoms with Crippen LogP contribution in [-0.4, -0.2) is 41.7 Å². The largest absolute Gasteiger partial charge is 0.496 e. The second-order valence-electron chi connectivity index (χ2n) is 7.55. The van der Waals surface area contributed by atoms with Crippen LogP contribution < -0.4 is 4.74 Å². The van der Waals surface area contributed by atoms with Crippen molar-refractivity contribution in [3.63, 3.8) is 0 Å². The lowest BCUT2D eigenvalue weighted by Gasteiger charge is -2.53. The van der Waals surface area contributed by atoms with E-state index in [0.717, 1.165) is 41.7 Å². The lowest BCUT2D eigenvalue weighted by Crippen LogP contribution is -2.66. The second kappa shape index (κ2) is 7.65. The first kappa shape index (κ1) is 18.5. The van der Waals surface area contributed by atoms with Crippen LogP contribution in [0.4, 0.5) is 0 Å². The highest BCUT2D eigenvalue weighted by Crippen LogP contribution is 2.44. The number of ether oxygens (including phenoxy) is 1. The highest BCUT2D eigenvalue weighted by molar-refractivity contribution is 5.82. The number of rotatable bonds is 5. The van der Waals surface area contributed by atoms with Crippen LogP contribution in [0.5, 0.6) is 5.75 Å². The van der Waals surface area contributed by atoms with Crippen molar-refractivity contribution >= 4 is 5.91 Å². The normalized spacial score (nSPS) is 24.0. The highest BCUT2D eigenvalue weighted by atomic mass is 16.5. The lowest BCUT2D eigenvalue weighted by molar-refractivity contribution is -0.154. The van der Waals surface area contributed by atoms with Crippen LogP contribution in [0.25, 0.3) is 11.1 Å². The minimum absolute atomic E-state index is 0.0266. The SMILES string of the molecule is COc1ccccc1-c1ccc([C@@H]2[C@@H](CO)N(C(=O)C3CCC3)[C@H]2C#N)cc1. The number of carbonyl (C=O) groups is 1. The van der Waals surface area contributed by atoms with Gasteiger partial charge in [-0.2, -0.15) is 5.26 Å². The van der Waals surface area contributed by atoms with Gasteiger partial charge in [0.05, 0.1) is 25.8 Å². The monoisotopic (exact) mass is 376 g/mol. The quantitative estimate of drug-likeness (QED) is 0.869. The Balaban J connectivity index is 1.58. The topological polar surface area (TPSA) is 73.6 Å². The van der Waals surface area contributed by atoms with E-state index in [9.17, 15) is 15.2 Å². The van der Waals surface area contributed by atoms with Gasteiger partial charge in [0.1, 0.15) is 11.8 Å². The smallest absolute Gasteiger partial charge is 0.227 e. The van der Waals surface area contributed by atoms with E-state index in [-0.39, 0.29) is 30.4 Å². The molecule has 0 unspecified atom stereocenters. The molecule has 144 valence electrons. The van der Waals surface area contributed by atoms with Gasteiger partial charge in [-0.1, -0.05) is 48.9 Å². The number of nitriles is 1. The molecule has 0 bridgehead atoms. The van der Waals surface area contributed by atoms with Crippen LogP contribution in [0.2, 0.25) is 0 Å². The Morgan fingerprint density at radius 3 is 2.50 bits per heavy atom. The predicted octanol–water partition coefficient (Wildman–Crippen LogP) is 3.34. The van der Waals surface area contributed by atoms with Gasteiger partial charge in [0.15, 0.2) is 0 Å². The Morgan fingerprint density at radius 1 is 1.21 bits per heavy atom. The van der Waals surface area contributed by atoms with E-state index in [2.05, 4.69) is 6.07 Å². The van der Waals surface area contributed by atoms with Gasteiger partial charge in [-0.25, -0.2) is 0 Å². The Labute approximate surface area is 165 Å². The van der Waals surface area contributed by atoms with Gasteiger partial charge in [0, 0.05) is 17.4 Å². The summed E-state index contributed by atoms with van der Waals surface area (Å²) in [5.74, 6) is 0.697. The van der Waals surface area contributed by atoms with Crippen LogP contribution >= 0.6 is 0 Å². The Hall–Kier alpha value is -2.84. The van der Waals surface area contributed by atoms with Crippen molar-refractivity contribution in [2.45, 2.75) is 37.3 Å². The third-order valence-electron chi connectivity index (χ3n) is 6.15. The van der Waals surface area contributed by atoms with Gasteiger partial charge < -0.3 is 14.7 Å². The molecule has 4 rings (SSSR count). The van der Waals surface area contributed by atoms with Gasteiger partial charge >= 0.3 is 0 Å². The van der Waals surface area contributed by atoms with Gasteiger partial charge in [0.25, 0.3) is 0 Å². The van der Waals surface area contributed by atoms with Gasteiger partial charge in [0.2, 0.25) is 5.91 Å². The Morgan fingerprint density at radius 2 is 1.93 bits per heavy atom. The van der Waals surface area contributed by atoms with Crippen molar-refractivity contribution in [3.05, 3.63) is 54.1 Å². The van der Waals surface area contributed by atoms with Crippen molar-refractivity contribution in [1.29, 1.82) is 5.26 Å². The van der Waals surface area contributed by atoms with Crippen LogP contribution in [0, 0.1) is 17.2 Å². The second-order valence-corrected chi connectivity index (χ2v) is 7.55. The average Bonchev–Trinajstić information content (AvgIpc) is 2.67. The zero-order valence-corrected chi connectivity index (χ0v) is 15.9. The molecule has 0 aromatic heterocycles. The summed E-state index contributed by atoms with van der Waals surface area (Å²) in [5, 5.41) is 19.6. The molecule has 1 saturated carbocycles. The summed E-state index contributed by atoms with van der Waals surface area (Å²) in [6, 6.07) is 17.3. The molecule has 5 heteroatoms.